The summed E-state index contributed by atoms with van der Waals surface area (Å²) in [7, 11) is 0. The first kappa shape index (κ1) is 14.4. The van der Waals surface area contributed by atoms with Gasteiger partial charge in [0.25, 0.3) is 0 Å². The van der Waals surface area contributed by atoms with Gasteiger partial charge in [0.2, 0.25) is 0 Å². The molecule has 1 aromatic carbocycles. The number of likely N-dealkylation sites (tertiary alicyclic amines) is 1. The minimum Gasteiger partial charge on any atom is -0.338 e. The molecular formula is C17H25N3O. The summed E-state index contributed by atoms with van der Waals surface area (Å²) in [5.74, 6) is 0.603. The Balaban J connectivity index is 1.32. The van der Waals surface area contributed by atoms with Crippen LogP contribution in [0.25, 0.3) is 0 Å². The maximum atomic E-state index is 11.6. The van der Waals surface area contributed by atoms with Gasteiger partial charge in [-0.05, 0) is 43.7 Å². The minimum absolute atomic E-state index is 0.0141. The molecule has 2 amide bonds. The number of carbonyl (C=O) groups is 1. The van der Waals surface area contributed by atoms with Gasteiger partial charge in [0, 0.05) is 25.7 Å². The molecule has 4 heteroatoms. The van der Waals surface area contributed by atoms with Crippen molar-refractivity contribution in [3.8, 4) is 0 Å². The molecule has 21 heavy (non-hydrogen) atoms. The number of hydrogen-bond donors (Lipinski definition) is 2. The fraction of sp³-hybridized carbons (Fsp3) is 0.588. The molecule has 114 valence electrons. The molecule has 1 saturated carbocycles. The molecule has 0 radical (unpaired) electrons. The average molecular weight is 287 g/mol. The monoisotopic (exact) mass is 287 g/mol. The highest BCUT2D eigenvalue weighted by molar-refractivity contribution is 5.74. The largest absolute Gasteiger partial charge is 0.338 e. The first-order valence-electron chi connectivity index (χ1n) is 8.10. The topological polar surface area (TPSA) is 44.4 Å². The lowest BCUT2D eigenvalue weighted by atomic mass is 10.1. The van der Waals surface area contributed by atoms with Crippen LogP contribution in [0.3, 0.4) is 0 Å². The zero-order valence-electron chi connectivity index (χ0n) is 12.6. The van der Waals surface area contributed by atoms with E-state index >= 15 is 0 Å². The summed E-state index contributed by atoms with van der Waals surface area (Å²) in [4.78, 5) is 14.1. The molecule has 1 aromatic rings. The van der Waals surface area contributed by atoms with Crippen LogP contribution < -0.4 is 10.6 Å². The standard InChI is InChI=1S/C17H25N3O/c21-17(19-16-6-7-16)18-12-15-9-11-20(13-15)10-8-14-4-2-1-3-5-14/h1-5,15-16H,6-13H2,(H2,18,19,21)/t15-/m0/s1. The van der Waals surface area contributed by atoms with Crippen LogP contribution in [-0.4, -0.2) is 43.2 Å². The number of urea groups is 1. The molecule has 0 aromatic heterocycles. The summed E-state index contributed by atoms with van der Waals surface area (Å²) in [6, 6.07) is 11.1. The van der Waals surface area contributed by atoms with E-state index in [0.29, 0.717) is 12.0 Å². The predicted molar refractivity (Wildman–Crippen MR) is 84.2 cm³/mol. The second kappa shape index (κ2) is 6.94. The van der Waals surface area contributed by atoms with Gasteiger partial charge in [-0.2, -0.15) is 0 Å². The summed E-state index contributed by atoms with van der Waals surface area (Å²) in [6.45, 7) is 4.19. The van der Waals surface area contributed by atoms with Crippen molar-refractivity contribution in [3.05, 3.63) is 35.9 Å². The lowest BCUT2D eigenvalue weighted by Crippen LogP contribution is -2.39. The van der Waals surface area contributed by atoms with Gasteiger partial charge in [0.15, 0.2) is 0 Å². The molecule has 1 saturated heterocycles. The van der Waals surface area contributed by atoms with E-state index < -0.39 is 0 Å². The molecule has 3 rings (SSSR count). The first-order chi connectivity index (χ1) is 10.3. The van der Waals surface area contributed by atoms with Crippen LogP contribution in [0, 0.1) is 5.92 Å². The Bertz CT molecular complexity index is 458. The van der Waals surface area contributed by atoms with Crippen molar-refractivity contribution in [2.24, 2.45) is 5.92 Å². The number of nitrogens with one attached hydrogen (secondary N) is 2. The van der Waals surface area contributed by atoms with Crippen molar-refractivity contribution in [2.45, 2.75) is 31.7 Å². The van der Waals surface area contributed by atoms with E-state index in [0.717, 1.165) is 45.4 Å². The van der Waals surface area contributed by atoms with Crippen molar-refractivity contribution in [3.63, 3.8) is 0 Å². The van der Waals surface area contributed by atoms with Crippen LogP contribution in [0.15, 0.2) is 30.3 Å². The third-order valence-corrected chi connectivity index (χ3v) is 4.39. The molecule has 1 atom stereocenters. The van der Waals surface area contributed by atoms with Crippen molar-refractivity contribution in [1.29, 1.82) is 0 Å². The maximum Gasteiger partial charge on any atom is 0.315 e. The number of rotatable bonds is 6. The van der Waals surface area contributed by atoms with E-state index in [1.807, 2.05) is 0 Å². The number of carbonyl (C=O) groups excluding carboxylic acids is 1. The zero-order chi connectivity index (χ0) is 14.5. The average Bonchev–Trinajstić information content (AvgIpc) is 3.20. The second-order valence-electron chi connectivity index (χ2n) is 6.32. The predicted octanol–water partition coefficient (Wildman–Crippen LogP) is 2.01. The lowest BCUT2D eigenvalue weighted by Gasteiger charge is -2.16. The third kappa shape index (κ3) is 4.74. The Morgan fingerprint density at radius 2 is 2.00 bits per heavy atom. The summed E-state index contributed by atoms with van der Waals surface area (Å²) >= 11 is 0. The zero-order valence-corrected chi connectivity index (χ0v) is 12.6. The minimum atomic E-state index is 0.0141. The van der Waals surface area contributed by atoms with Crippen molar-refractivity contribution < 1.29 is 4.79 Å². The Kier molecular flexibility index (Phi) is 4.76. The summed E-state index contributed by atoms with van der Waals surface area (Å²) in [5.41, 5.74) is 1.41. The molecule has 0 bridgehead atoms. The molecule has 2 N–H and O–H groups in total. The van der Waals surface area contributed by atoms with Crippen LogP contribution in [0.1, 0.15) is 24.8 Å². The number of nitrogens with zero attached hydrogens (tertiary/aromatic N) is 1. The van der Waals surface area contributed by atoms with E-state index in [1.165, 1.54) is 12.0 Å². The maximum absolute atomic E-state index is 11.6. The molecule has 1 aliphatic carbocycles. The smallest absolute Gasteiger partial charge is 0.315 e. The highest BCUT2D eigenvalue weighted by Crippen LogP contribution is 2.18. The van der Waals surface area contributed by atoms with Gasteiger partial charge in [0.1, 0.15) is 0 Å². The molecule has 0 unspecified atom stereocenters. The van der Waals surface area contributed by atoms with Gasteiger partial charge in [-0.25, -0.2) is 4.79 Å². The summed E-state index contributed by atoms with van der Waals surface area (Å²) in [5, 5.41) is 5.99. The van der Waals surface area contributed by atoms with Gasteiger partial charge < -0.3 is 15.5 Å². The van der Waals surface area contributed by atoms with Crippen molar-refractivity contribution in [1.82, 2.24) is 15.5 Å². The Morgan fingerprint density at radius 1 is 1.19 bits per heavy atom. The second-order valence-corrected chi connectivity index (χ2v) is 6.32. The molecule has 2 aliphatic rings. The third-order valence-electron chi connectivity index (χ3n) is 4.39. The fourth-order valence-electron chi connectivity index (χ4n) is 2.92. The van der Waals surface area contributed by atoms with Gasteiger partial charge >= 0.3 is 6.03 Å². The fourth-order valence-corrected chi connectivity index (χ4v) is 2.92. The normalized spacial score (nSPS) is 22.2. The van der Waals surface area contributed by atoms with Crippen LogP contribution in [0.5, 0.6) is 0 Å². The SMILES string of the molecule is O=C(NC[C@@H]1CCN(CCc2ccccc2)C1)NC1CC1. The van der Waals surface area contributed by atoms with E-state index in [-0.39, 0.29) is 6.03 Å². The number of hydrogen-bond acceptors (Lipinski definition) is 2. The lowest BCUT2D eigenvalue weighted by molar-refractivity contribution is 0.238. The highest BCUT2D eigenvalue weighted by Gasteiger charge is 2.25. The summed E-state index contributed by atoms with van der Waals surface area (Å²) < 4.78 is 0. The van der Waals surface area contributed by atoms with Crippen LogP contribution in [-0.2, 0) is 6.42 Å². The Morgan fingerprint density at radius 3 is 2.76 bits per heavy atom. The van der Waals surface area contributed by atoms with Crippen LogP contribution >= 0.6 is 0 Å². The van der Waals surface area contributed by atoms with Crippen LogP contribution in [0.2, 0.25) is 0 Å². The molecule has 0 spiro atoms. The first-order valence-corrected chi connectivity index (χ1v) is 8.10. The number of amides is 2. The molecule has 2 fully saturated rings. The van der Waals surface area contributed by atoms with E-state index in [4.69, 9.17) is 0 Å². The van der Waals surface area contributed by atoms with Crippen molar-refractivity contribution >= 4 is 6.03 Å². The summed E-state index contributed by atoms with van der Waals surface area (Å²) in [6.07, 6.45) is 4.59. The highest BCUT2D eigenvalue weighted by atomic mass is 16.2. The molecule has 4 nitrogen and oxygen atoms in total. The molecule has 1 aliphatic heterocycles. The number of benzene rings is 1. The van der Waals surface area contributed by atoms with Crippen LogP contribution in [0.4, 0.5) is 4.79 Å². The Hall–Kier alpha value is -1.55. The molecule has 1 heterocycles. The molecular weight excluding hydrogens is 262 g/mol. The van der Waals surface area contributed by atoms with E-state index in [2.05, 4.69) is 45.9 Å². The van der Waals surface area contributed by atoms with Crippen molar-refractivity contribution in [2.75, 3.05) is 26.2 Å². The van der Waals surface area contributed by atoms with E-state index in [1.54, 1.807) is 0 Å². The Labute approximate surface area is 126 Å². The van der Waals surface area contributed by atoms with Gasteiger partial charge in [-0.15, -0.1) is 0 Å². The van der Waals surface area contributed by atoms with Gasteiger partial charge in [0.05, 0.1) is 0 Å². The van der Waals surface area contributed by atoms with E-state index in [9.17, 15) is 4.79 Å². The van der Waals surface area contributed by atoms with Gasteiger partial charge in [-0.3, -0.25) is 0 Å². The van der Waals surface area contributed by atoms with Gasteiger partial charge in [-0.1, -0.05) is 30.3 Å². The quantitative estimate of drug-likeness (QED) is 0.840.